The van der Waals surface area contributed by atoms with Gasteiger partial charge in [0.15, 0.2) is 0 Å². The lowest BCUT2D eigenvalue weighted by Crippen LogP contribution is -1.88. The largest absolute Gasteiger partial charge is 0.361 e. The summed E-state index contributed by atoms with van der Waals surface area (Å²) in [4.78, 5) is 0. The minimum atomic E-state index is 0.846. The second kappa shape index (κ2) is 6.37. The van der Waals surface area contributed by atoms with Gasteiger partial charge in [-0.3, -0.25) is 0 Å². The van der Waals surface area contributed by atoms with Gasteiger partial charge in [0.1, 0.15) is 28.8 Å². The van der Waals surface area contributed by atoms with Crippen LogP contribution in [0.5, 0.6) is 0 Å². The van der Waals surface area contributed by atoms with Crippen LogP contribution in [0.25, 0.3) is 0 Å². The van der Waals surface area contributed by atoms with Crippen LogP contribution in [0.2, 0.25) is 0 Å². The number of hydrogen-bond acceptors (Lipinski definition) is 3. The van der Waals surface area contributed by atoms with Crippen LogP contribution >= 0.6 is 23.0 Å². The highest BCUT2D eigenvalue weighted by Crippen LogP contribution is 2.07. The smallest absolute Gasteiger partial charge is 0.133 e. The molecular weight excluding hydrogens is 281 g/mol. The molecule has 0 fully saturated rings. The molecule has 0 bridgehead atoms. The Morgan fingerprint density at radius 1 is 1.46 bits per heavy atom. The molecular formula is C9H14INO2. The Morgan fingerprint density at radius 3 is 2.92 bits per heavy atom. The lowest BCUT2D eigenvalue weighted by molar-refractivity contribution is 0.386. The zero-order valence-corrected chi connectivity index (χ0v) is 9.91. The van der Waals surface area contributed by atoms with Crippen LogP contribution < -0.4 is 0 Å². The van der Waals surface area contributed by atoms with Gasteiger partial charge in [0, 0.05) is 6.07 Å². The minimum absolute atomic E-state index is 0.846. The van der Waals surface area contributed by atoms with Gasteiger partial charge < -0.3 is 7.59 Å². The van der Waals surface area contributed by atoms with Gasteiger partial charge in [0.05, 0.1) is 12.3 Å². The maximum Gasteiger partial charge on any atom is 0.133 e. The van der Waals surface area contributed by atoms with E-state index in [2.05, 4.69) is 5.16 Å². The van der Waals surface area contributed by atoms with E-state index in [-0.39, 0.29) is 0 Å². The van der Waals surface area contributed by atoms with Gasteiger partial charge in [-0.25, -0.2) is 0 Å². The Kier molecular flexibility index (Phi) is 5.38. The van der Waals surface area contributed by atoms with Crippen LogP contribution in [-0.2, 0) is 9.49 Å². The summed E-state index contributed by atoms with van der Waals surface area (Å²) in [5, 5.41) is 3.93. The molecule has 0 radical (unpaired) electrons. The van der Waals surface area contributed by atoms with Crippen LogP contribution in [0.15, 0.2) is 10.6 Å². The van der Waals surface area contributed by atoms with Crippen molar-refractivity contribution in [2.24, 2.45) is 0 Å². The number of unbranched alkanes of at least 4 members (excludes halogenated alkanes) is 2. The van der Waals surface area contributed by atoms with Gasteiger partial charge in [0.2, 0.25) is 0 Å². The predicted molar refractivity (Wildman–Crippen MR) is 58.8 cm³/mol. The van der Waals surface area contributed by atoms with Crippen molar-refractivity contribution in [1.82, 2.24) is 5.16 Å². The Labute approximate surface area is 92.5 Å². The third-order valence-corrected chi connectivity index (χ3v) is 2.27. The van der Waals surface area contributed by atoms with Gasteiger partial charge in [-0.15, -0.1) is 0 Å². The van der Waals surface area contributed by atoms with Crippen molar-refractivity contribution in [2.45, 2.75) is 32.6 Å². The third-order valence-electron chi connectivity index (χ3n) is 1.83. The summed E-state index contributed by atoms with van der Waals surface area (Å²) in [5.41, 5.74) is 1.06. The fourth-order valence-electron chi connectivity index (χ4n) is 1.18. The molecule has 0 aliphatic rings. The average molecular weight is 295 g/mol. The summed E-state index contributed by atoms with van der Waals surface area (Å²) in [6, 6.07) is 1.99. The molecule has 1 rings (SSSR count). The first-order chi connectivity index (χ1) is 6.33. The Balaban J connectivity index is 2.06. The maximum atomic E-state index is 4.97. The van der Waals surface area contributed by atoms with E-state index in [4.69, 9.17) is 7.59 Å². The van der Waals surface area contributed by atoms with Gasteiger partial charge in [-0.05, 0) is 26.2 Å². The van der Waals surface area contributed by atoms with Crippen molar-refractivity contribution < 1.29 is 7.59 Å². The lowest BCUT2D eigenvalue weighted by Gasteiger charge is -1.96. The Bertz CT molecular complexity index is 237. The molecule has 13 heavy (non-hydrogen) atoms. The standard InChI is InChI=1S/C9H14INO2/c1-8-7-9(11-13-8)5-3-2-4-6-12-10/h7H,2-6H2,1H3. The van der Waals surface area contributed by atoms with E-state index in [1.54, 1.807) is 0 Å². The normalized spacial score (nSPS) is 10.6. The monoisotopic (exact) mass is 295 g/mol. The average Bonchev–Trinajstić information content (AvgIpc) is 2.51. The van der Waals surface area contributed by atoms with Crippen molar-refractivity contribution in [1.29, 1.82) is 0 Å². The van der Waals surface area contributed by atoms with Crippen molar-refractivity contribution in [3.8, 4) is 0 Å². The lowest BCUT2D eigenvalue weighted by atomic mass is 10.1. The summed E-state index contributed by atoms with van der Waals surface area (Å²) in [7, 11) is 0. The Hall–Kier alpha value is -0.100. The van der Waals surface area contributed by atoms with E-state index in [1.165, 1.54) is 6.42 Å². The third kappa shape index (κ3) is 4.61. The van der Waals surface area contributed by atoms with Gasteiger partial charge >= 0.3 is 0 Å². The molecule has 0 saturated carbocycles. The topological polar surface area (TPSA) is 35.3 Å². The van der Waals surface area contributed by atoms with Crippen LogP contribution in [0.4, 0.5) is 0 Å². The van der Waals surface area contributed by atoms with E-state index < -0.39 is 0 Å². The van der Waals surface area contributed by atoms with Crippen molar-refractivity contribution >= 4 is 23.0 Å². The second-order valence-electron chi connectivity index (χ2n) is 3.05. The quantitative estimate of drug-likeness (QED) is 0.597. The highest BCUT2D eigenvalue weighted by atomic mass is 127. The molecule has 0 aromatic carbocycles. The predicted octanol–water partition coefficient (Wildman–Crippen LogP) is 3.06. The molecule has 0 amide bonds. The molecule has 0 atom stereocenters. The molecule has 3 nitrogen and oxygen atoms in total. The molecule has 74 valence electrons. The first-order valence-electron chi connectivity index (χ1n) is 4.48. The SMILES string of the molecule is Cc1cc(CCCCCOI)no1. The number of nitrogens with zero attached hydrogens (tertiary/aromatic N) is 1. The molecule has 0 aliphatic heterocycles. The summed E-state index contributed by atoms with van der Waals surface area (Å²) in [6.07, 6.45) is 4.49. The molecule has 4 heteroatoms. The molecule has 1 aromatic heterocycles. The van der Waals surface area contributed by atoms with E-state index in [0.717, 1.165) is 37.3 Å². The van der Waals surface area contributed by atoms with Crippen molar-refractivity contribution in [3.05, 3.63) is 17.5 Å². The van der Waals surface area contributed by atoms with E-state index in [1.807, 2.05) is 36.0 Å². The van der Waals surface area contributed by atoms with Gasteiger partial charge in [-0.1, -0.05) is 11.6 Å². The first kappa shape index (κ1) is 11.0. The molecule has 0 unspecified atom stereocenters. The minimum Gasteiger partial charge on any atom is -0.361 e. The van der Waals surface area contributed by atoms with E-state index >= 15 is 0 Å². The highest BCUT2D eigenvalue weighted by Gasteiger charge is 1.99. The molecule has 0 aliphatic carbocycles. The first-order valence-corrected chi connectivity index (χ1v) is 5.36. The summed E-state index contributed by atoms with van der Waals surface area (Å²) in [5.74, 6) is 0.894. The summed E-state index contributed by atoms with van der Waals surface area (Å²) < 4.78 is 9.90. The zero-order chi connectivity index (χ0) is 9.52. The van der Waals surface area contributed by atoms with Crippen molar-refractivity contribution in [3.63, 3.8) is 0 Å². The highest BCUT2D eigenvalue weighted by molar-refractivity contribution is 14.1. The van der Waals surface area contributed by atoms with Gasteiger partial charge in [-0.2, -0.15) is 0 Å². The van der Waals surface area contributed by atoms with Crippen LogP contribution in [0.3, 0.4) is 0 Å². The molecule has 0 saturated heterocycles. The van der Waals surface area contributed by atoms with Crippen LogP contribution in [0.1, 0.15) is 30.7 Å². The molecule has 1 aromatic rings. The van der Waals surface area contributed by atoms with Crippen LogP contribution in [-0.4, -0.2) is 11.8 Å². The fraction of sp³-hybridized carbons (Fsp3) is 0.667. The number of rotatable bonds is 6. The zero-order valence-electron chi connectivity index (χ0n) is 7.75. The molecule has 0 N–H and O–H groups in total. The summed E-state index contributed by atoms with van der Waals surface area (Å²) in [6.45, 7) is 2.76. The number of aryl methyl sites for hydroxylation is 2. The molecule has 0 spiro atoms. The van der Waals surface area contributed by atoms with Crippen LogP contribution in [0, 0.1) is 6.92 Å². The molecule has 1 heterocycles. The second-order valence-corrected chi connectivity index (χ2v) is 3.68. The Morgan fingerprint density at radius 2 is 2.31 bits per heavy atom. The van der Waals surface area contributed by atoms with Crippen molar-refractivity contribution in [2.75, 3.05) is 6.61 Å². The maximum absolute atomic E-state index is 4.97. The van der Waals surface area contributed by atoms with E-state index in [0.29, 0.717) is 0 Å². The summed E-state index contributed by atoms with van der Waals surface area (Å²) >= 11 is 1.93. The number of hydrogen-bond donors (Lipinski definition) is 0. The number of aromatic nitrogens is 1. The number of halogens is 1. The van der Waals surface area contributed by atoms with E-state index in [9.17, 15) is 0 Å². The fourth-order valence-corrected chi connectivity index (χ4v) is 1.49. The van der Waals surface area contributed by atoms with Gasteiger partial charge in [0.25, 0.3) is 0 Å².